The minimum absolute atomic E-state index is 0.0233. The van der Waals surface area contributed by atoms with Crippen molar-refractivity contribution in [3.05, 3.63) is 35.9 Å². The minimum atomic E-state index is -2.11. The first kappa shape index (κ1) is 82.9. The van der Waals surface area contributed by atoms with E-state index >= 15 is 9.59 Å². The third kappa shape index (κ3) is 28.7. The molecule has 1 aromatic rings. The summed E-state index contributed by atoms with van der Waals surface area (Å²) in [6.45, 7) is 22.8. The van der Waals surface area contributed by atoms with E-state index in [1.165, 1.54) is 52.0 Å². The second kappa shape index (κ2) is 37.8. The predicted octanol–water partition coefficient (Wildman–Crippen LogP) is -2.55. The first-order valence-corrected chi connectivity index (χ1v) is 31.9. The molecular formula is C63H107N15O17. The van der Waals surface area contributed by atoms with Gasteiger partial charge in [0.1, 0.15) is 66.0 Å². The number of hydrogen-bond donors (Lipinski definition) is 19. The van der Waals surface area contributed by atoms with Crippen LogP contribution in [0.25, 0.3) is 0 Å². The van der Waals surface area contributed by atoms with E-state index in [0.29, 0.717) is 0 Å². The Kier molecular flexibility index (Phi) is 32.9. The van der Waals surface area contributed by atoms with E-state index < -0.39 is 210 Å². The van der Waals surface area contributed by atoms with Gasteiger partial charge in [-0.1, -0.05) is 120 Å². The molecule has 536 valence electrons. The average molecular weight is 1350 g/mol. The van der Waals surface area contributed by atoms with Crippen LogP contribution in [0.3, 0.4) is 0 Å². The smallest absolute Gasteiger partial charge is 0.408 e. The molecule has 0 bridgehead atoms. The van der Waals surface area contributed by atoms with Gasteiger partial charge in [-0.2, -0.15) is 0 Å². The van der Waals surface area contributed by atoms with Crippen molar-refractivity contribution in [1.29, 1.82) is 5.41 Å². The molecule has 32 heteroatoms. The number of guanidine groups is 1. The van der Waals surface area contributed by atoms with Crippen LogP contribution in [0.4, 0.5) is 4.79 Å². The van der Waals surface area contributed by atoms with E-state index in [2.05, 4.69) is 69.1 Å². The van der Waals surface area contributed by atoms with Gasteiger partial charge < -0.3 is 100 Å². The van der Waals surface area contributed by atoms with Gasteiger partial charge in [0, 0.05) is 6.54 Å². The summed E-state index contributed by atoms with van der Waals surface area (Å²) < 4.78 is 5.47. The first-order valence-electron chi connectivity index (χ1n) is 31.9. The fraction of sp³-hybridized carbons (Fsp3) is 0.698. The van der Waals surface area contributed by atoms with Gasteiger partial charge in [0.25, 0.3) is 0 Å². The number of hydrogen-bond acceptors (Lipinski definition) is 18. The van der Waals surface area contributed by atoms with Crippen molar-refractivity contribution < 1.29 is 82.7 Å². The third-order valence-corrected chi connectivity index (χ3v) is 15.0. The number of ether oxygens (including phenoxy) is 1. The molecule has 0 spiro atoms. The Morgan fingerprint density at radius 1 is 0.611 bits per heavy atom. The molecule has 2 rings (SSSR count). The lowest BCUT2D eigenvalue weighted by Gasteiger charge is -2.35. The summed E-state index contributed by atoms with van der Waals surface area (Å²) in [5, 5.41) is 83.9. The summed E-state index contributed by atoms with van der Waals surface area (Å²) in [5.74, 6) is -14.8. The molecule has 0 aromatic heterocycles. The zero-order chi connectivity index (χ0) is 72.6. The summed E-state index contributed by atoms with van der Waals surface area (Å²) in [6.07, 6.45) is -4.35. The van der Waals surface area contributed by atoms with Gasteiger partial charge in [0.15, 0.2) is 5.96 Å². The van der Waals surface area contributed by atoms with Crippen LogP contribution < -0.4 is 74.9 Å². The topological polar surface area (TPSA) is 501 Å². The summed E-state index contributed by atoms with van der Waals surface area (Å²) in [6, 6.07) is -11.6. The second-order valence-corrected chi connectivity index (χ2v) is 28.0. The lowest BCUT2D eigenvalue weighted by atomic mass is 9.86. The largest absolute Gasteiger partial charge is 0.444 e. The maximum atomic E-state index is 15.6. The van der Waals surface area contributed by atoms with Gasteiger partial charge in [-0.15, -0.1) is 0 Å². The quantitative estimate of drug-likeness (QED) is 0.0363. The maximum Gasteiger partial charge on any atom is 0.408 e. The molecule has 20 N–H and O–H groups in total. The van der Waals surface area contributed by atoms with Crippen molar-refractivity contribution in [2.45, 2.75) is 227 Å². The van der Waals surface area contributed by atoms with Crippen LogP contribution in [0, 0.1) is 34.0 Å². The van der Waals surface area contributed by atoms with Crippen LogP contribution in [0.5, 0.6) is 0 Å². The Bertz CT molecular complexity index is 2800. The number of carbonyl (C=O) groups excluding carboxylic acids is 12. The Balaban J connectivity index is 3.12. The Morgan fingerprint density at radius 3 is 1.60 bits per heavy atom. The van der Waals surface area contributed by atoms with Gasteiger partial charge in [-0.05, 0) is 87.5 Å². The predicted molar refractivity (Wildman–Crippen MR) is 349 cm³/mol. The fourth-order valence-electron chi connectivity index (χ4n) is 9.75. The molecule has 14 atom stereocenters. The summed E-state index contributed by atoms with van der Waals surface area (Å²) in [4.78, 5) is 172. The molecule has 1 aromatic carbocycles. The highest BCUT2D eigenvalue weighted by atomic mass is 16.6. The number of aliphatic hydroxyl groups excluding tert-OH is 4. The lowest BCUT2D eigenvalue weighted by Crippen LogP contribution is -2.65. The molecule has 0 aliphatic carbocycles. The molecular weight excluding hydrogens is 1240 g/mol. The van der Waals surface area contributed by atoms with E-state index in [4.69, 9.17) is 15.9 Å². The van der Waals surface area contributed by atoms with Crippen LogP contribution >= 0.6 is 0 Å². The highest BCUT2D eigenvalue weighted by Gasteiger charge is 2.43. The molecule has 95 heavy (non-hydrogen) atoms. The molecule has 1 unspecified atom stereocenters. The number of amides is 12. The molecule has 1 aliphatic rings. The Labute approximate surface area is 556 Å². The third-order valence-electron chi connectivity index (χ3n) is 15.0. The SMILES string of the molecule is CC[C@H](C)[C@@H]1NC(=O)[C@@H](CCCNC(=N)N)NC(=O)[C@H](C(C)C)NC(=O)[C@H]([C@H](O)C(C)C)NC(=O)[C@@H](NC(=O)[C@H](CC(C)(C)C)NC(=O)[C@@H](CC(C)(C)C)NC(=O)OC(C)(C)C)[C@@H](c2ccccc2)NC(=O)C(CO)NC(=O)[C@H](CO)NC(=O)CNC(=O)[C@H]([C@H](C)O)NC1=O. The van der Waals surface area contributed by atoms with Crippen LogP contribution in [0.2, 0.25) is 0 Å². The summed E-state index contributed by atoms with van der Waals surface area (Å²) >= 11 is 0. The van der Waals surface area contributed by atoms with Crippen molar-refractivity contribution in [2.24, 2.45) is 34.3 Å². The number of nitrogens with two attached hydrogens (primary N) is 1. The zero-order valence-electron chi connectivity index (χ0n) is 57.7. The van der Waals surface area contributed by atoms with Crippen molar-refractivity contribution in [1.82, 2.24) is 69.1 Å². The van der Waals surface area contributed by atoms with Gasteiger partial charge >= 0.3 is 6.09 Å². The molecule has 1 saturated heterocycles. The lowest BCUT2D eigenvalue weighted by molar-refractivity contribution is -0.139. The van der Waals surface area contributed by atoms with Gasteiger partial charge in [-0.3, -0.25) is 58.1 Å². The Morgan fingerprint density at radius 2 is 1.09 bits per heavy atom. The van der Waals surface area contributed by atoms with E-state index in [1.54, 1.807) is 61.5 Å². The number of nitrogens with one attached hydrogen (secondary N) is 14. The molecule has 1 heterocycles. The van der Waals surface area contributed by atoms with Crippen molar-refractivity contribution in [2.75, 3.05) is 26.3 Å². The number of rotatable bonds is 20. The highest BCUT2D eigenvalue weighted by molar-refractivity contribution is 6.00. The van der Waals surface area contributed by atoms with Crippen molar-refractivity contribution in [3.63, 3.8) is 0 Å². The van der Waals surface area contributed by atoms with Gasteiger partial charge in [-0.25, -0.2) is 4.79 Å². The summed E-state index contributed by atoms with van der Waals surface area (Å²) in [7, 11) is 0. The van der Waals surface area contributed by atoms with Gasteiger partial charge in [0.2, 0.25) is 65.0 Å². The van der Waals surface area contributed by atoms with Crippen LogP contribution in [-0.4, -0.2) is 202 Å². The van der Waals surface area contributed by atoms with E-state index in [9.17, 15) is 68.4 Å². The zero-order valence-corrected chi connectivity index (χ0v) is 57.7. The number of benzene rings is 1. The standard InChI is InChI=1S/C63H107N15O17/c1-17-33(6)43-56(91)75-44(34(7)81)54(89)67-28-41(82)68-39(29-79)52(87)71-40(30-80)53(88)76-45(35-22-19-18-20-23-35)46(77-51(86)37(26-61(8,9)10)70-50(85)38(27-62(11,12)13)72-60(94)95-63(14,15)16)57(92)78-47(48(83)32(4)5)58(93)73-42(31(2)3)55(90)69-36(49(84)74-43)24-21-25-66-59(64)65/h18-20,22-23,31-34,36-40,42-48,79-81,83H,17,21,24-30H2,1-16H3,(H,67,89)(H,68,82)(H,69,90)(H,70,85)(H,71,87)(H,72,94)(H,73,93)(H,74,84)(H,75,91)(H,76,88)(H,77,86)(H,78,92)(H4,64,65,66)/t33-,34-,36+,37-,38+,39-,40?,42-,43-,44-,45+,46-,47-,48+/m0/s1. The highest BCUT2D eigenvalue weighted by Crippen LogP contribution is 2.26. The molecule has 12 amide bonds. The minimum Gasteiger partial charge on any atom is -0.444 e. The number of carbonyl (C=O) groups is 12. The number of alkyl carbamates (subject to hydrolysis) is 1. The van der Waals surface area contributed by atoms with Crippen molar-refractivity contribution >= 4 is 77.0 Å². The maximum absolute atomic E-state index is 15.6. The molecule has 0 saturated carbocycles. The fourth-order valence-corrected chi connectivity index (χ4v) is 9.75. The van der Waals surface area contributed by atoms with E-state index in [0.717, 1.165) is 6.92 Å². The normalized spacial score (nSPS) is 24.1. The molecule has 32 nitrogen and oxygen atoms in total. The van der Waals surface area contributed by atoms with Gasteiger partial charge in [0.05, 0.1) is 38.0 Å². The van der Waals surface area contributed by atoms with Crippen LogP contribution in [0.1, 0.15) is 154 Å². The van der Waals surface area contributed by atoms with Crippen LogP contribution in [0.15, 0.2) is 30.3 Å². The van der Waals surface area contributed by atoms with Crippen LogP contribution in [-0.2, 0) is 57.5 Å². The van der Waals surface area contributed by atoms with E-state index in [-0.39, 0.29) is 44.2 Å². The molecule has 1 aliphatic heterocycles. The molecule has 1 fully saturated rings. The Hall–Kier alpha value is -8.23. The molecule has 0 radical (unpaired) electrons. The summed E-state index contributed by atoms with van der Waals surface area (Å²) in [5.41, 5.74) is 3.19. The van der Waals surface area contributed by atoms with E-state index in [1.807, 2.05) is 20.8 Å². The average Bonchev–Trinajstić information content (AvgIpc) is 0.823. The monoisotopic (exact) mass is 1350 g/mol. The number of aliphatic hydroxyl groups is 4. The second-order valence-electron chi connectivity index (χ2n) is 28.0. The van der Waals surface area contributed by atoms with Crippen molar-refractivity contribution in [3.8, 4) is 0 Å². The first-order chi connectivity index (χ1) is 43.9.